The van der Waals surface area contributed by atoms with E-state index in [1.165, 1.54) is 16.5 Å². The lowest BCUT2D eigenvalue weighted by atomic mass is 10.2. The number of nitrogens with one attached hydrogen (secondary N) is 1. The lowest BCUT2D eigenvalue weighted by Crippen LogP contribution is -2.06. The fourth-order valence-corrected chi connectivity index (χ4v) is 4.14. The molecule has 0 saturated carbocycles. The summed E-state index contributed by atoms with van der Waals surface area (Å²) in [5.41, 5.74) is 3.02. The summed E-state index contributed by atoms with van der Waals surface area (Å²) < 4.78 is 1.23. The number of aromatic nitrogens is 1. The molecule has 2 aromatic carbocycles. The van der Waals surface area contributed by atoms with E-state index in [1.807, 2.05) is 37.3 Å². The molecule has 0 saturated heterocycles. The zero-order chi connectivity index (χ0) is 15.5. The highest BCUT2D eigenvalue weighted by Gasteiger charge is 2.06. The van der Waals surface area contributed by atoms with Crippen molar-refractivity contribution in [2.45, 2.75) is 24.5 Å². The average molecular weight is 328 g/mol. The first-order chi connectivity index (χ1) is 10.6. The third kappa shape index (κ3) is 3.48. The molecule has 1 N–H and O–H groups in total. The number of hydrogen-bond acceptors (Lipinski definition) is 4. The number of thiazole rings is 1. The number of amides is 1. The predicted molar refractivity (Wildman–Crippen MR) is 94.7 cm³/mol. The van der Waals surface area contributed by atoms with E-state index >= 15 is 0 Å². The highest BCUT2D eigenvalue weighted by atomic mass is 32.2. The summed E-state index contributed by atoms with van der Waals surface area (Å²) in [6.45, 7) is 3.53. The molecule has 1 aromatic heterocycles. The van der Waals surface area contributed by atoms with E-state index < -0.39 is 0 Å². The maximum atomic E-state index is 11.1. The number of hydrogen-bond donors (Lipinski definition) is 1. The minimum Gasteiger partial charge on any atom is -0.326 e. The number of benzene rings is 2. The van der Waals surface area contributed by atoms with Crippen molar-refractivity contribution in [3.05, 3.63) is 53.0 Å². The zero-order valence-corrected chi connectivity index (χ0v) is 14.1. The van der Waals surface area contributed by atoms with Crippen LogP contribution in [0.4, 0.5) is 5.69 Å². The van der Waals surface area contributed by atoms with Crippen LogP contribution in [0.5, 0.6) is 0 Å². The van der Waals surface area contributed by atoms with Gasteiger partial charge in [-0.25, -0.2) is 4.98 Å². The van der Waals surface area contributed by atoms with Gasteiger partial charge in [-0.05, 0) is 42.8 Å². The Balaban J connectivity index is 1.70. The number of aryl methyl sites for hydroxylation is 1. The van der Waals surface area contributed by atoms with Crippen LogP contribution in [0, 0.1) is 6.92 Å². The molecule has 0 aliphatic heterocycles. The molecule has 3 aromatic rings. The van der Waals surface area contributed by atoms with Crippen LogP contribution in [0.1, 0.15) is 17.5 Å². The molecule has 3 rings (SSSR count). The van der Waals surface area contributed by atoms with Crippen molar-refractivity contribution in [3.63, 3.8) is 0 Å². The number of para-hydroxylation sites is 1. The topological polar surface area (TPSA) is 42.0 Å². The van der Waals surface area contributed by atoms with Gasteiger partial charge in [-0.15, -0.1) is 23.1 Å². The maximum Gasteiger partial charge on any atom is 0.221 e. The third-order valence-corrected chi connectivity index (χ3v) is 5.43. The number of carbonyl (C=O) groups is 1. The van der Waals surface area contributed by atoms with Gasteiger partial charge < -0.3 is 5.32 Å². The Morgan fingerprint density at radius 1 is 1.27 bits per heavy atom. The molecule has 0 aliphatic rings. The quantitative estimate of drug-likeness (QED) is 0.696. The van der Waals surface area contributed by atoms with E-state index in [-0.39, 0.29) is 5.91 Å². The normalized spacial score (nSPS) is 10.8. The summed E-state index contributed by atoms with van der Waals surface area (Å²) in [4.78, 5) is 17.0. The maximum absolute atomic E-state index is 11.1. The van der Waals surface area contributed by atoms with Gasteiger partial charge in [0, 0.05) is 17.5 Å². The van der Waals surface area contributed by atoms with E-state index in [2.05, 4.69) is 22.4 Å². The van der Waals surface area contributed by atoms with E-state index in [9.17, 15) is 4.79 Å². The molecule has 0 bridgehead atoms. The monoisotopic (exact) mass is 328 g/mol. The molecule has 0 spiro atoms. The molecule has 22 heavy (non-hydrogen) atoms. The lowest BCUT2D eigenvalue weighted by Gasteiger charge is -2.08. The van der Waals surface area contributed by atoms with Crippen molar-refractivity contribution in [2.75, 3.05) is 5.32 Å². The van der Waals surface area contributed by atoms with Gasteiger partial charge in [-0.3, -0.25) is 4.79 Å². The highest BCUT2D eigenvalue weighted by molar-refractivity contribution is 7.98. The van der Waals surface area contributed by atoms with Gasteiger partial charge in [0.1, 0.15) is 5.01 Å². The Labute approximate surface area is 137 Å². The van der Waals surface area contributed by atoms with Crippen LogP contribution >= 0.6 is 23.1 Å². The minimum atomic E-state index is -0.0435. The molecule has 0 radical (unpaired) electrons. The van der Waals surface area contributed by atoms with Gasteiger partial charge in [0.2, 0.25) is 5.91 Å². The summed E-state index contributed by atoms with van der Waals surface area (Å²) in [5.74, 6) is 0.816. The summed E-state index contributed by atoms with van der Waals surface area (Å²) in [6.07, 6.45) is 0. The third-order valence-electron chi connectivity index (χ3n) is 3.21. The highest BCUT2D eigenvalue weighted by Crippen LogP contribution is 2.30. The van der Waals surface area contributed by atoms with E-state index in [0.717, 1.165) is 27.5 Å². The molecule has 1 amide bonds. The first-order valence-corrected chi connectivity index (χ1v) is 8.77. The van der Waals surface area contributed by atoms with Crippen molar-refractivity contribution in [2.24, 2.45) is 0 Å². The number of nitrogens with zero attached hydrogens (tertiary/aromatic N) is 1. The van der Waals surface area contributed by atoms with Crippen LogP contribution < -0.4 is 5.32 Å². The van der Waals surface area contributed by atoms with Gasteiger partial charge in [-0.2, -0.15) is 0 Å². The fraction of sp³-hybridized carbons (Fsp3) is 0.176. The van der Waals surface area contributed by atoms with Crippen LogP contribution in [0.2, 0.25) is 0 Å². The van der Waals surface area contributed by atoms with Gasteiger partial charge in [0.05, 0.1) is 16.0 Å². The zero-order valence-electron chi connectivity index (χ0n) is 12.4. The molecule has 0 aliphatic carbocycles. The molecular weight excluding hydrogens is 312 g/mol. The fourth-order valence-electron chi connectivity index (χ4n) is 2.18. The summed E-state index contributed by atoms with van der Waals surface area (Å²) >= 11 is 3.51. The van der Waals surface area contributed by atoms with Crippen molar-refractivity contribution in [3.8, 4) is 0 Å². The number of thioether (sulfide) groups is 1. The second kappa shape index (κ2) is 6.50. The lowest BCUT2D eigenvalue weighted by molar-refractivity contribution is -0.114. The molecule has 5 heteroatoms. The summed E-state index contributed by atoms with van der Waals surface area (Å²) in [5, 5.41) is 3.97. The van der Waals surface area contributed by atoms with Crippen LogP contribution in [-0.2, 0) is 10.5 Å². The second-order valence-electron chi connectivity index (χ2n) is 5.02. The number of carbonyl (C=O) groups excluding carboxylic acids is 1. The van der Waals surface area contributed by atoms with Gasteiger partial charge in [-0.1, -0.05) is 12.1 Å². The smallest absolute Gasteiger partial charge is 0.221 e. The largest absolute Gasteiger partial charge is 0.326 e. The van der Waals surface area contributed by atoms with Crippen LogP contribution in [0.15, 0.2) is 47.4 Å². The van der Waals surface area contributed by atoms with Gasteiger partial charge in [0.15, 0.2) is 0 Å². The number of anilines is 1. The number of rotatable bonds is 4. The van der Waals surface area contributed by atoms with Crippen LogP contribution in [0.3, 0.4) is 0 Å². The molecule has 112 valence electrons. The Morgan fingerprint density at radius 2 is 2.09 bits per heavy atom. The first-order valence-electron chi connectivity index (χ1n) is 6.97. The Bertz CT molecular complexity index is 793. The van der Waals surface area contributed by atoms with Crippen molar-refractivity contribution in [1.82, 2.24) is 4.98 Å². The Kier molecular flexibility index (Phi) is 4.45. The molecule has 0 atom stereocenters. The second-order valence-corrected chi connectivity index (χ2v) is 7.19. The average Bonchev–Trinajstić information content (AvgIpc) is 2.90. The van der Waals surface area contributed by atoms with E-state index in [4.69, 9.17) is 0 Å². The predicted octanol–water partition coefficient (Wildman–Crippen LogP) is 4.86. The van der Waals surface area contributed by atoms with Crippen molar-refractivity contribution < 1.29 is 4.79 Å². The van der Waals surface area contributed by atoms with Gasteiger partial charge in [0.25, 0.3) is 0 Å². The standard InChI is InChI=1S/C17H16N2OS2/c1-11-9-13(7-8-14(11)18-12(2)20)21-10-17-19-15-5-3-4-6-16(15)22-17/h3-9H,10H2,1-2H3,(H,18,20). The minimum absolute atomic E-state index is 0.0435. The summed E-state index contributed by atoms with van der Waals surface area (Å²) in [6, 6.07) is 14.3. The van der Waals surface area contributed by atoms with Crippen LogP contribution in [0.25, 0.3) is 10.2 Å². The van der Waals surface area contributed by atoms with E-state index in [0.29, 0.717) is 0 Å². The molecule has 0 fully saturated rings. The van der Waals surface area contributed by atoms with Gasteiger partial charge >= 0.3 is 0 Å². The first kappa shape index (κ1) is 15.1. The Morgan fingerprint density at radius 3 is 2.82 bits per heavy atom. The van der Waals surface area contributed by atoms with Crippen molar-refractivity contribution >= 4 is 44.9 Å². The number of fused-ring (bicyclic) bond motifs is 1. The summed E-state index contributed by atoms with van der Waals surface area (Å²) in [7, 11) is 0. The van der Waals surface area contributed by atoms with E-state index in [1.54, 1.807) is 23.1 Å². The molecule has 0 unspecified atom stereocenters. The SMILES string of the molecule is CC(=O)Nc1ccc(SCc2nc3ccccc3s2)cc1C. The molecular formula is C17H16N2OS2. The molecule has 3 nitrogen and oxygen atoms in total. The Hall–Kier alpha value is -1.85. The van der Waals surface area contributed by atoms with Crippen LogP contribution in [-0.4, -0.2) is 10.9 Å². The molecule has 1 heterocycles. The van der Waals surface area contributed by atoms with Crippen molar-refractivity contribution in [1.29, 1.82) is 0 Å².